The molecule has 2 aliphatic heterocycles. The zero-order valence-corrected chi connectivity index (χ0v) is 19.3. The van der Waals surface area contributed by atoms with Crippen molar-refractivity contribution in [2.75, 3.05) is 4.90 Å². The molecule has 0 unspecified atom stereocenters. The van der Waals surface area contributed by atoms with Crippen molar-refractivity contribution < 1.29 is 24.5 Å². The number of hydrogen-bond acceptors (Lipinski definition) is 5. The van der Waals surface area contributed by atoms with Crippen LogP contribution in [0.3, 0.4) is 0 Å². The third-order valence-electron chi connectivity index (χ3n) is 7.90. The van der Waals surface area contributed by atoms with Gasteiger partial charge in [0.1, 0.15) is 5.75 Å². The van der Waals surface area contributed by atoms with E-state index in [0.29, 0.717) is 18.5 Å². The number of aliphatic hydroxyl groups is 1. The molecule has 0 aromatic heterocycles. The van der Waals surface area contributed by atoms with E-state index >= 15 is 0 Å². The molecule has 174 valence electrons. The van der Waals surface area contributed by atoms with Crippen molar-refractivity contribution in [1.29, 1.82) is 0 Å². The fraction of sp³-hybridized carbons (Fsp3) is 0.481. The molecular weight excluding hydrogens is 418 g/mol. The van der Waals surface area contributed by atoms with Crippen molar-refractivity contribution in [3.05, 3.63) is 59.2 Å². The number of fused-ring (bicyclic) bond motifs is 3. The van der Waals surface area contributed by atoms with E-state index in [4.69, 9.17) is 4.74 Å². The molecule has 2 N–H and O–H groups in total. The summed E-state index contributed by atoms with van der Waals surface area (Å²) in [7, 11) is 0. The number of benzene rings is 2. The molecule has 6 nitrogen and oxygen atoms in total. The molecule has 6 heteroatoms. The highest BCUT2D eigenvalue weighted by molar-refractivity contribution is 6.22. The highest BCUT2D eigenvalue weighted by Crippen LogP contribution is 2.59. The fourth-order valence-electron chi connectivity index (χ4n) is 6.37. The van der Waals surface area contributed by atoms with Crippen LogP contribution in [0.5, 0.6) is 5.75 Å². The minimum atomic E-state index is -1.45. The smallest absolute Gasteiger partial charge is 0.238 e. The van der Waals surface area contributed by atoms with Crippen LogP contribution in [0.4, 0.5) is 5.69 Å². The number of carbonyl (C=O) groups is 2. The third kappa shape index (κ3) is 3.30. The number of rotatable bonds is 4. The van der Waals surface area contributed by atoms with Gasteiger partial charge in [-0.05, 0) is 74.1 Å². The lowest BCUT2D eigenvalue weighted by Gasteiger charge is -2.44. The predicted octanol–water partition coefficient (Wildman–Crippen LogP) is 4.40. The Balaban J connectivity index is 1.54. The van der Waals surface area contributed by atoms with Crippen LogP contribution in [0.1, 0.15) is 55.4 Å². The molecule has 2 aromatic carbocycles. The SMILES string of the molecule is CCC[C@H]1C[C@@H]2C(=O)N(c3ccccc3)C(=O)[C@@H]2[C@@H]2C[C@@H](c3cc(C)c(O)c(C)c3)O[C@]12O. The van der Waals surface area contributed by atoms with Gasteiger partial charge < -0.3 is 14.9 Å². The summed E-state index contributed by atoms with van der Waals surface area (Å²) in [4.78, 5) is 28.3. The van der Waals surface area contributed by atoms with Gasteiger partial charge in [0.2, 0.25) is 11.8 Å². The van der Waals surface area contributed by atoms with Crippen LogP contribution in [0.25, 0.3) is 0 Å². The second-order valence-electron chi connectivity index (χ2n) is 9.90. The molecule has 1 aliphatic carbocycles. The minimum absolute atomic E-state index is 0.167. The maximum atomic E-state index is 13.6. The molecule has 0 bridgehead atoms. The second-order valence-corrected chi connectivity index (χ2v) is 9.90. The highest BCUT2D eigenvalue weighted by atomic mass is 16.6. The van der Waals surface area contributed by atoms with Crippen molar-refractivity contribution in [2.45, 2.75) is 58.3 Å². The molecule has 33 heavy (non-hydrogen) atoms. The summed E-state index contributed by atoms with van der Waals surface area (Å²) in [5, 5.41) is 22.1. The maximum Gasteiger partial charge on any atom is 0.238 e. The first-order valence-electron chi connectivity index (χ1n) is 11.9. The van der Waals surface area contributed by atoms with E-state index in [1.54, 1.807) is 12.1 Å². The summed E-state index contributed by atoms with van der Waals surface area (Å²) in [6.45, 7) is 5.74. The van der Waals surface area contributed by atoms with Crippen LogP contribution < -0.4 is 4.90 Å². The maximum absolute atomic E-state index is 13.6. The first kappa shape index (κ1) is 22.1. The number of phenolic OH excluding ortho intramolecular Hbond substituents is 1. The summed E-state index contributed by atoms with van der Waals surface area (Å²) < 4.78 is 6.38. The average Bonchev–Trinajstić information content (AvgIpc) is 3.27. The Hall–Kier alpha value is -2.70. The Morgan fingerprint density at radius 3 is 2.36 bits per heavy atom. The number of amides is 2. The summed E-state index contributed by atoms with van der Waals surface area (Å²) in [6, 6.07) is 12.8. The summed E-state index contributed by atoms with van der Waals surface area (Å²) in [5.41, 5.74) is 2.97. The quantitative estimate of drug-likeness (QED) is 0.676. The van der Waals surface area contributed by atoms with E-state index in [1.165, 1.54) is 4.90 Å². The molecule has 3 aliphatic rings. The van der Waals surface area contributed by atoms with Gasteiger partial charge in [-0.2, -0.15) is 0 Å². The minimum Gasteiger partial charge on any atom is -0.507 e. The molecule has 5 rings (SSSR count). The Labute approximate surface area is 194 Å². The monoisotopic (exact) mass is 449 g/mol. The van der Waals surface area contributed by atoms with Gasteiger partial charge >= 0.3 is 0 Å². The largest absolute Gasteiger partial charge is 0.507 e. The normalized spacial score (nSPS) is 33.3. The summed E-state index contributed by atoms with van der Waals surface area (Å²) >= 11 is 0. The van der Waals surface area contributed by atoms with Crippen molar-refractivity contribution in [1.82, 2.24) is 0 Å². The lowest BCUT2D eigenvalue weighted by Crippen LogP contribution is -2.53. The molecule has 2 heterocycles. The molecule has 2 amide bonds. The van der Waals surface area contributed by atoms with Gasteiger partial charge in [-0.25, -0.2) is 0 Å². The van der Waals surface area contributed by atoms with Crippen LogP contribution in [0, 0.1) is 37.5 Å². The fourth-order valence-corrected chi connectivity index (χ4v) is 6.37. The standard InChI is InChI=1S/C27H31NO5/c1-4-8-18-13-20-23(26(31)28(25(20)30)19-9-6-5-7-10-19)21-14-22(33-27(18,21)32)17-11-15(2)24(29)16(3)12-17/h5-7,9-12,18,20-23,29,32H,4,8,13-14H2,1-3H3/t18-,20-,21-,22-,23-,27+/m0/s1. The van der Waals surface area contributed by atoms with Gasteiger partial charge in [-0.3, -0.25) is 14.5 Å². The highest BCUT2D eigenvalue weighted by Gasteiger charge is 2.66. The van der Waals surface area contributed by atoms with E-state index in [-0.39, 0.29) is 23.5 Å². The number of imide groups is 1. The van der Waals surface area contributed by atoms with E-state index < -0.39 is 29.6 Å². The zero-order chi connectivity index (χ0) is 23.5. The van der Waals surface area contributed by atoms with Crippen LogP contribution in [0.2, 0.25) is 0 Å². The van der Waals surface area contributed by atoms with Crippen molar-refractivity contribution in [3.8, 4) is 5.75 Å². The molecule has 2 saturated heterocycles. The van der Waals surface area contributed by atoms with Crippen molar-refractivity contribution in [2.24, 2.45) is 23.7 Å². The van der Waals surface area contributed by atoms with Crippen LogP contribution >= 0.6 is 0 Å². The second kappa shape index (κ2) is 7.96. The molecule has 0 radical (unpaired) electrons. The first-order valence-corrected chi connectivity index (χ1v) is 11.9. The average molecular weight is 450 g/mol. The van der Waals surface area contributed by atoms with E-state index in [2.05, 4.69) is 6.92 Å². The van der Waals surface area contributed by atoms with Gasteiger partial charge in [-0.1, -0.05) is 31.5 Å². The van der Waals surface area contributed by atoms with Crippen LogP contribution in [-0.4, -0.2) is 27.8 Å². The van der Waals surface area contributed by atoms with E-state index in [9.17, 15) is 19.8 Å². The number of aryl methyl sites for hydroxylation is 2. The molecule has 0 spiro atoms. The molecule has 3 fully saturated rings. The number of hydrogen-bond donors (Lipinski definition) is 2. The van der Waals surface area contributed by atoms with Gasteiger partial charge in [0.25, 0.3) is 0 Å². The van der Waals surface area contributed by atoms with Crippen molar-refractivity contribution in [3.63, 3.8) is 0 Å². The molecule has 1 saturated carbocycles. The Morgan fingerprint density at radius 2 is 1.73 bits per heavy atom. The number of carbonyl (C=O) groups excluding carboxylic acids is 2. The van der Waals surface area contributed by atoms with Crippen LogP contribution in [0.15, 0.2) is 42.5 Å². The van der Waals surface area contributed by atoms with Gasteiger partial charge in [-0.15, -0.1) is 0 Å². The van der Waals surface area contributed by atoms with Crippen LogP contribution in [-0.2, 0) is 14.3 Å². The number of nitrogens with zero attached hydrogens (tertiary/aromatic N) is 1. The van der Waals surface area contributed by atoms with Gasteiger partial charge in [0.15, 0.2) is 5.79 Å². The number of anilines is 1. The third-order valence-corrected chi connectivity index (χ3v) is 7.90. The number of phenols is 1. The first-order chi connectivity index (χ1) is 15.8. The molecule has 6 atom stereocenters. The molecule has 2 aromatic rings. The number of ether oxygens (including phenoxy) is 1. The summed E-state index contributed by atoms with van der Waals surface area (Å²) in [6.07, 6.45) is 2.09. The zero-order valence-electron chi connectivity index (χ0n) is 19.3. The predicted molar refractivity (Wildman–Crippen MR) is 123 cm³/mol. The van der Waals surface area contributed by atoms with Gasteiger partial charge in [0, 0.05) is 11.8 Å². The summed E-state index contributed by atoms with van der Waals surface area (Å²) in [5.74, 6) is -3.32. The Morgan fingerprint density at radius 1 is 1.06 bits per heavy atom. The van der Waals surface area contributed by atoms with Gasteiger partial charge in [0.05, 0.1) is 23.6 Å². The van der Waals surface area contributed by atoms with E-state index in [0.717, 1.165) is 29.5 Å². The topological polar surface area (TPSA) is 87.1 Å². The Kier molecular flexibility index (Phi) is 5.33. The molecular formula is C27H31NO5. The lowest BCUT2D eigenvalue weighted by atomic mass is 9.63. The lowest BCUT2D eigenvalue weighted by molar-refractivity contribution is -0.270. The Bertz CT molecular complexity index is 1080. The number of aromatic hydroxyl groups is 1. The number of para-hydroxylation sites is 1. The van der Waals surface area contributed by atoms with Crippen molar-refractivity contribution >= 4 is 17.5 Å². The van der Waals surface area contributed by atoms with E-state index in [1.807, 2.05) is 44.2 Å².